The second-order valence-electron chi connectivity index (χ2n) is 10.3. The molecule has 1 aromatic heterocycles. The summed E-state index contributed by atoms with van der Waals surface area (Å²) in [4.78, 5) is 31.9. The maximum Gasteiger partial charge on any atom is 0.223 e. The highest BCUT2D eigenvalue weighted by atomic mass is 32.1. The number of carbonyl (C=O) groups excluding carboxylic acids is 2. The van der Waals surface area contributed by atoms with E-state index in [4.69, 9.17) is 5.73 Å². The zero-order chi connectivity index (χ0) is 25.7. The number of nitrogens with zero attached hydrogens (tertiary/aromatic N) is 1. The van der Waals surface area contributed by atoms with Gasteiger partial charge >= 0.3 is 0 Å². The zero-order valence-electron chi connectivity index (χ0n) is 21.5. The number of aliphatic hydroxyl groups excluding tert-OH is 1. The first-order valence-corrected chi connectivity index (χ1v) is 13.4. The molecular formula is C28H39N3O3S. The van der Waals surface area contributed by atoms with Gasteiger partial charge in [0.15, 0.2) is 0 Å². The van der Waals surface area contributed by atoms with Gasteiger partial charge < -0.3 is 16.2 Å². The number of benzene rings is 1. The van der Waals surface area contributed by atoms with Crippen LogP contribution < -0.4 is 11.1 Å². The lowest BCUT2D eigenvalue weighted by Crippen LogP contribution is -2.38. The minimum Gasteiger partial charge on any atom is -0.512 e. The molecule has 1 aliphatic rings. The molecule has 190 valence electrons. The number of ketones is 1. The van der Waals surface area contributed by atoms with E-state index < -0.39 is 5.92 Å². The van der Waals surface area contributed by atoms with Crippen molar-refractivity contribution in [3.8, 4) is 10.4 Å². The Morgan fingerprint density at radius 1 is 1.23 bits per heavy atom. The van der Waals surface area contributed by atoms with Gasteiger partial charge in [-0.15, -0.1) is 11.3 Å². The number of hydrogen-bond donors (Lipinski definition) is 3. The van der Waals surface area contributed by atoms with Crippen LogP contribution >= 0.6 is 11.3 Å². The van der Waals surface area contributed by atoms with Crippen LogP contribution in [0.5, 0.6) is 0 Å². The average molecular weight is 498 g/mol. The molecule has 0 saturated heterocycles. The molecule has 1 saturated carbocycles. The summed E-state index contributed by atoms with van der Waals surface area (Å²) >= 11 is 1.63. The van der Waals surface area contributed by atoms with Crippen LogP contribution in [-0.2, 0) is 16.1 Å². The van der Waals surface area contributed by atoms with Gasteiger partial charge in [-0.05, 0) is 68.7 Å². The highest BCUT2D eigenvalue weighted by Gasteiger charge is 2.37. The van der Waals surface area contributed by atoms with Gasteiger partial charge in [0.05, 0.1) is 22.0 Å². The second-order valence-corrected chi connectivity index (χ2v) is 11.1. The minimum absolute atomic E-state index is 0.000666. The fourth-order valence-electron chi connectivity index (χ4n) is 5.07. The smallest absolute Gasteiger partial charge is 0.223 e. The summed E-state index contributed by atoms with van der Waals surface area (Å²) < 4.78 is 0. The van der Waals surface area contributed by atoms with Crippen molar-refractivity contribution in [2.45, 2.75) is 72.9 Å². The van der Waals surface area contributed by atoms with Gasteiger partial charge in [0, 0.05) is 24.4 Å². The SMILES string of the molecule is Cc1cc(-c2scnc2C)ccc1CNC(=O)C1CCCC(C(=O)[C@@H](/C(O)=C/C(C)N)C(C)C)C1. The maximum absolute atomic E-state index is 13.3. The molecular weight excluding hydrogens is 458 g/mol. The number of nitrogens with two attached hydrogens (primary N) is 1. The van der Waals surface area contributed by atoms with E-state index in [1.807, 2.05) is 26.3 Å². The number of aryl methyl sites for hydroxylation is 2. The number of allylic oxidation sites excluding steroid dienone is 1. The summed E-state index contributed by atoms with van der Waals surface area (Å²) in [5.41, 5.74) is 12.0. The maximum atomic E-state index is 13.3. The Hall–Kier alpha value is -2.51. The van der Waals surface area contributed by atoms with Gasteiger partial charge in [-0.3, -0.25) is 9.59 Å². The third-order valence-electron chi connectivity index (χ3n) is 6.98. The lowest BCUT2D eigenvalue weighted by molar-refractivity contribution is -0.132. The molecule has 0 aliphatic heterocycles. The predicted octanol–water partition coefficient (Wildman–Crippen LogP) is 5.48. The van der Waals surface area contributed by atoms with Crippen LogP contribution in [0, 0.1) is 37.5 Å². The van der Waals surface area contributed by atoms with Crippen LogP contribution in [0.15, 0.2) is 35.5 Å². The average Bonchev–Trinajstić information content (AvgIpc) is 3.23. The van der Waals surface area contributed by atoms with Gasteiger partial charge in [0.1, 0.15) is 11.5 Å². The molecule has 1 heterocycles. The largest absolute Gasteiger partial charge is 0.512 e. The third-order valence-corrected chi connectivity index (χ3v) is 7.95. The fraction of sp³-hybridized carbons (Fsp3) is 0.536. The first-order valence-electron chi connectivity index (χ1n) is 12.6. The zero-order valence-corrected chi connectivity index (χ0v) is 22.3. The van der Waals surface area contributed by atoms with Crippen molar-refractivity contribution in [2.75, 3.05) is 0 Å². The van der Waals surface area contributed by atoms with Crippen molar-refractivity contribution in [1.29, 1.82) is 0 Å². The summed E-state index contributed by atoms with van der Waals surface area (Å²) in [6, 6.07) is 5.97. The Morgan fingerprint density at radius 2 is 1.94 bits per heavy atom. The number of aliphatic hydroxyl groups is 1. The van der Waals surface area contributed by atoms with Crippen LogP contribution in [0.25, 0.3) is 10.4 Å². The molecule has 1 amide bonds. The van der Waals surface area contributed by atoms with Gasteiger partial charge in [0.2, 0.25) is 5.91 Å². The van der Waals surface area contributed by atoms with Gasteiger partial charge in [-0.25, -0.2) is 4.98 Å². The lowest BCUT2D eigenvalue weighted by atomic mass is 9.73. The molecule has 1 aliphatic carbocycles. The predicted molar refractivity (Wildman–Crippen MR) is 142 cm³/mol. The Balaban J connectivity index is 1.62. The molecule has 7 heteroatoms. The molecule has 35 heavy (non-hydrogen) atoms. The van der Waals surface area contributed by atoms with Crippen molar-refractivity contribution in [3.63, 3.8) is 0 Å². The first kappa shape index (κ1) is 27.1. The van der Waals surface area contributed by atoms with E-state index >= 15 is 0 Å². The number of Topliss-reactive ketones (excluding diaryl/α,β-unsaturated/α-hetero) is 1. The van der Waals surface area contributed by atoms with Crippen molar-refractivity contribution in [1.82, 2.24) is 10.3 Å². The highest BCUT2D eigenvalue weighted by molar-refractivity contribution is 7.13. The molecule has 6 nitrogen and oxygen atoms in total. The van der Waals surface area contributed by atoms with Crippen molar-refractivity contribution >= 4 is 23.0 Å². The van der Waals surface area contributed by atoms with Crippen LogP contribution in [0.3, 0.4) is 0 Å². The number of aromatic nitrogens is 1. The lowest BCUT2D eigenvalue weighted by Gasteiger charge is -2.31. The summed E-state index contributed by atoms with van der Waals surface area (Å²) in [5, 5.41) is 13.6. The van der Waals surface area contributed by atoms with E-state index in [2.05, 4.69) is 35.4 Å². The Morgan fingerprint density at radius 3 is 2.54 bits per heavy atom. The molecule has 0 spiro atoms. The van der Waals surface area contributed by atoms with E-state index in [1.165, 1.54) is 4.88 Å². The quantitative estimate of drug-likeness (QED) is 0.398. The van der Waals surface area contributed by atoms with Crippen molar-refractivity contribution < 1.29 is 14.7 Å². The van der Waals surface area contributed by atoms with Crippen LogP contribution in [0.4, 0.5) is 0 Å². The highest BCUT2D eigenvalue weighted by Crippen LogP contribution is 2.35. The van der Waals surface area contributed by atoms with E-state index in [0.717, 1.165) is 41.6 Å². The van der Waals surface area contributed by atoms with E-state index in [-0.39, 0.29) is 41.2 Å². The van der Waals surface area contributed by atoms with Crippen LogP contribution in [-0.4, -0.2) is 27.8 Å². The molecule has 3 unspecified atom stereocenters. The van der Waals surface area contributed by atoms with E-state index in [1.54, 1.807) is 24.3 Å². The standard InChI is InChI=1S/C28H39N3O3S/c1-16(2)25(24(32)12-18(4)29)26(33)20-7-6-8-22(13-20)28(34)30-14-23-10-9-21(11-17(23)3)27-19(5)31-15-35-27/h9-12,15-16,18,20,22,25,32H,6-8,13-14,29H2,1-5H3,(H,30,34)/b24-12-/t18?,20?,22?,25-/m1/s1. The summed E-state index contributed by atoms with van der Waals surface area (Å²) in [6.45, 7) is 10.2. The van der Waals surface area contributed by atoms with E-state index in [0.29, 0.717) is 13.0 Å². The molecule has 3 rings (SSSR count). The number of nitrogens with one attached hydrogen (secondary N) is 1. The fourth-order valence-corrected chi connectivity index (χ4v) is 5.87. The van der Waals surface area contributed by atoms with Crippen molar-refractivity contribution in [3.05, 3.63) is 52.4 Å². The third kappa shape index (κ3) is 6.79. The number of thiazole rings is 1. The van der Waals surface area contributed by atoms with Gasteiger partial charge in [0.25, 0.3) is 0 Å². The molecule has 2 aromatic rings. The Bertz CT molecular complexity index is 1070. The molecule has 0 radical (unpaired) electrons. The normalized spacial score (nSPS) is 20.5. The molecule has 4 atom stereocenters. The minimum atomic E-state index is -0.573. The second kappa shape index (κ2) is 12.0. The number of carbonyl (C=O) groups is 2. The monoisotopic (exact) mass is 497 g/mol. The molecule has 4 N–H and O–H groups in total. The van der Waals surface area contributed by atoms with E-state index in [9.17, 15) is 14.7 Å². The Kier molecular flexibility index (Phi) is 9.25. The van der Waals surface area contributed by atoms with Crippen molar-refractivity contribution in [2.24, 2.45) is 29.4 Å². The molecule has 1 aromatic carbocycles. The van der Waals surface area contributed by atoms with Gasteiger partial charge in [-0.1, -0.05) is 38.5 Å². The summed E-state index contributed by atoms with van der Waals surface area (Å²) in [5.74, 6) is -0.942. The summed E-state index contributed by atoms with van der Waals surface area (Å²) in [6.07, 6.45) is 4.46. The van der Waals surface area contributed by atoms with Gasteiger partial charge in [-0.2, -0.15) is 0 Å². The van der Waals surface area contributed by atoms with Crippen LogP contribution in [0.1, 0.15) is 63.3 Å². The van der Waals surface area contributed by atoms with Crippen LogP contribution in [0.2, 0.25) is 0 Å². The number of amides is 1. The number of rotatable bonds is 9. The molecule has 1 fully saturated rings. The summed E-state index contributed by atoms with van der Waals surface area (Å²) in [7, 11) is 0. The first-order chi connectivity index (χ1) is 16.6. The number of hydrogen-bond acceptors (Lipinski definition) is 6. The Labute approximate surface area is 213 Å². The molecule has 0 bridgehead atoms. The topological polar surface area (TPSA) is 105 Å².